The van der Waals surface area contributed by atoms with Crippen LogP contribution in [0, 0.1) is 5.82 Å². The third kappa shape index (κ3) is 4.58. The van der Waals surface area contributed by atoms with Crippen molar-refractivity contribution in [1.29, 1.82) is 0 Å². The maximum absolute atomic E-state index is 12.9. The smallest absolute Gasteiger partial charge is 0.228 e. The van der Waals surface area contributed by atoms with Gasteiger partial charge in [-0.05, 0) is 42.7 Å². The van der Waals surface area contributed by atoms with Crippen LogP contribution in [-0.2, 0) is 11.2 Å². The summed E-state index contributed by atoms with van der Waals surface area (Å²) >= 11 is 1.86. The van der Waals surface area contributed by atoms with Crippen molar-refractivity contribution < 1.29 is 9.18 Å². The second-order valence-electron chi connectivity index (χ2n) is 5.87. The first-order valence-corrected chi connectivity index (χ1v) is 8.88. The van der Waals surface area contributed by atoms with Gasteiger partial charge in [0, 0.05) is 10.1 Å². The van der Waals surface area contributed by atoms with Gasteiger partial charge in [0.2, 0.25) is 5.91 Å². The molecule has 23 heavy (non-hydrogen) atoms. The van der Waals surface area contributed by atoms with Crippen LogP contribution < -0.4 is 5.32 Å². The van der Waals surface area contributed by atoms with E-state index in [1.807, 2.05) is 30.0 Å². The number of amides is 1. The predicted molar refractivity (Wildman–Crippen MR) is 93.3 cm³/mol. The van der Waals surface area contributed by atoms with Gasteiger partial charge in [-0.2, -0.15) is 0 Å². The first-order valence-electron chi connectivity index (χ1n) is 8.01. The molecule has 1 aliphatic rings. The number of hydrogen-bond acceptors (Lipinski definition) is 2. The minimum Gasteiger partial charge on any atom is -0.325 e. The lowest BCUT2D eigenvalue weighted by atomic mass is 10.1. The van der Waals surface area contributed by atoms with Gasteiger partial charge in [-0.15, -0.1) is 11.8 Å². The normalized spacial score (nSPS) is 14.8. The Kier molecular flexibility index (Phi) is 5.34. The summed E-state index contributed by atoms with van der Waals surface area (Å²) in [5.74, 6) is -0.358. The van der Waals surface area contributed by atoms with E-state index < -0.39 is 0 Å². The molecular weight excluding hydrogens is 309 g/mol. The highest BCUT2D eigenvalue weighted by molar-refractivity contribution is 8.00. The lowest BCUT2D eigenvalue weighted by Gasteiger charge is -2.14. The van der Waals surface area contributed by atoms with Crippen molar-refractivity contribution in [2.75, 3.05) is 5.32 Å². The first-order chi connectivity index (χ1) is 11.2. The zero-order valence-corrected chi connectivity index (χ0v) is 13.7. The number of thioether (sulfide) groups is 1. The molecule has 0 radical (unpaired) electrons. The zero-order valence-electron chi connectivity index (χ0n) is 12.9. The molecule has 0 saturated heterocycles. The Morgan fingerprint density at radius 3 is 2.52 bits per heavy atom. The molecule has 1 N–H and O–H groups in total. The molecule has 2 aromatic rings. The fraction of sp³-hybridized carbons (Fsp3) is 0.316. The molecular formula is C19H20FNOS. The van der Waals surface area contributed by atoms with Gasteiger partial charge in [0.05, 0.1) is 12.1 Å². The maximum atomic E-state index is 12.9. The largest absolute Gasteiger partial charge is 0.325 e. The molecule has 3 rings (SSSR count). The molecule has 2 nitrogen and oxygen atoms in total. The highest BCUT2D eigenvalue weighted by Crippen LogP contribution is 2.38. The standard InChI is InChI=1S/C19H20FNOS/c20-15-11-9-14(10-12-15)13-19(22)21-17-7-3-4-8-18(17)23-16-5-1-2-6-16/h3-4,7-12,16H,1-2,5-6,13H2,(H,21,22). The lowest BCUT2D eigenvalue weighted by molar-refractivity contribution is -0.115. The van der Waals surface area contributed by atoms with Crippen molar-refractivity contribution >= 4 is 23.4 Å². The third-order valence-electron chi connectivity index (χ3n) is 4.03. The number of carbonyl (C=O) groups is 1. The van der Waals surface area contributed by atoms with Crippen molar-refractivity contribution in [3.63, 3.8) is 0 Å². The molecule has 0 bridgehead atoms. The Morgan fingerprint density at radius 2 is 1.78 bits per heavy atom. The van der Waals surface area contributed by atoms with Crippen molar-refractivity contribution in [1.82, 2.24) is 0 Å². The molecule has 0 unspecified atom stereocenters. The van der Waals surface area contributed by atoms with E-state index in [2.05, 4.69) is 11.4 Å². The van der Waals surface area contributed by atoms with Crippen LogP contribution in [0.5, 0.6) is 0 Å². The fourth-order valence-corrected chi connectivity index (χ4v) is 4.17. The van der Waals surface area contributed by atoms with Crippen LogP contribution in [0.2, 0.25) is 0 Å². The SMILES string of the molecule is O=C(Cc1ccc(F)cc1)Nc1ccccc1SC1CCCC1. The van der Waals surface area contributed by atoms with E-state index in [0.29, 0.717) is 5.25 Å². The van der Waals surface area contributed by atoms with Crippen molar-refractivity contribution in [2.24, 2.45) is 0 Å². The fourth-order valence-electron chi connectivity index (χ4n) is 2.84. The highest BCUT2D eigenvalue weighted by atomic mass is 32.2. The summed E-state index contributed by atoms with van der Waals surface area (Å²) in [4.78, 5) is 13.4. The van der Waals surface area contributed by atoms with E-state index in [-0.39, 0.29) is 18.1 Å². The molecule has 1 saturated carbocycles. The quantitative estimate of drug-likeness (QED) is 0.832. The number of para-hydroxylation sites is 1. The van der Waals surface area contributed by atoms with Crippen LogP contribution in [0.1, 0.15) is 31.2 Å². The number of rotatable bonds is 5. The van der Waals surface area contributed by atoms with Gasteiger partial charge in [-0.3, -0.25) is 4.79 Å². The summed E-state index contributed by atoms with van der Waals surface area (Å²) in [6.07, 6.45) is 5.36. The molecule has 0 atom stereocenters. The van der Waals surface area contributed by atoms with Crippen LogP contribution in [0.3, 0.4) is 0 Å². The van der Waals surface area contributed by atoms with Crippen molar-refractivity contribution in [2.45, 2.75) is 42.2 Å². The molecule has 1 aliphatic carbocycles. The van der Waals surface area contributed by atoms with Gasteiger partial charge in [0.1, 0.15) is 5.82 Å². The molecule has 0 spiro atoms. The Labute approximate surface area is 140 Å². The molecule has 0 aliphatic heterocycles. The van der Waals surface area contributed by atoms with Crippen LogP contribution in [0.4, 0.5) is 10.1 Å². The molecule has 4 heteroatoms. The van der Waals surface area contributed by atoms with Crippen molar-refractivity contribution in [3.05, 3.63) is 59.9 Å². The number of carbonyl (C=O) groups excluding carboxylic acids is 1. The Morgan fingerprint density at radius 1 is 1.09 bits per heavy atom. The molecule has 1 fully saturated rings. The van der Waals surface area contributed by atoms with Gasteiger partial charge in [-0.25, -0.2) is 4.39 Å². The second kappa shape index (κ2) is 7.64. The summed E-state index contributed by atoms with van der Waals surface area (Å²) in [5, 5.41) is 3.65. The number of hydrogen-bond donors (Lipinski definition) is 1. The summed E-state index contributed by atoms with van der Waals surface area (Å²) in [6, 6.07) is 14.0. The summed E-state index contributed by atoms with van der Waals surface area (Å²) in [7, 11) is 0. The number of halogens is 1. The van der Waals surface area contributed by atoms with E-state index in [4.69, 9.17) is 0 Å². The number of nitrogens with one attached hydrogen (secondary N) is 1. The second-order valence-corrected chi connectivity index (χ2v) is 7.21. The minimum atomic E-state index is -0.285. The zero-order chi connectivity index (χ0) is 16.1. The molecule has 2 aromatic carbocycles. The monoisotopic (exact) mass is 329 g/mol. The summed E-state index contributed by atoms with van der Waals surface area (Å²) < 4.78 is 12.9. The number of anilines is 1. The molecule has 1 amide bonds. The van der Waals surface area contributed by atoms with E-state index in [1.54, 1.807) is 12.1 Å². The maximum Gasteiger partial charge on any atom is 0.228 e. The Hall–Kier alpha value is -1.81. The van der Waals surface area contributed by atoms with E-state index in [9.17, 15) is 9.18 Å². The van der Waals surface area contributed by atoms with E-state index in [0.717, 1.165) is 16.1 Å². The number of benzene rings is 2. The Bertz CT molecular complexity index is 665. The lowest BCUT2D eigenvalue weighted by Crippen LogP contribution is -2.15. The third-order valence-corrected chi connectivity index (χ3v) is 5.45. The summed E-state index contributed by atoms with van der Waals surface area (Å²) in [6.45, 7) is 0. The van der Waals surface area contributed by atoms with Gasteiger partial charge >= 0.3 is 0 Å². The van der Waals surface area contributed by atoms with E-state index >= 15 is 0 Å². The van der Waals surface area contributed by atoms with E-state index in [1.165, 1.54) is 37.8 Å². The van der Waals surface area contributed by atoms with Gasteiger partial charge in [0.15, 0.2) is 0 Å². The average Bonchev–Trinajstić information content (AvgIpc) is 3.05. The van der Waals surface area contributed by atoms with Gasteiger partial charge in [-0.1, -0.05) is 37.1 Å². The van der Waals surface area contributed by atoms with Crippen molar-refractivity contribution in [3.8, 4) is 0 Å². The van der Waals surface area contributed by atoms with Gasteiger partial charge < -0.3 is 5.32 Å². The molecule has 0 heterocycles. The van der Waals surface area contributed by atoms with Crippen LogP contribution in [-0.4, -0.2) is 11.2 Å². The predicted octanol–water partition coefficient (Wildman–Crippen LogP) is 5.04. The average molecular weight is 329 g/mol. The van der Waals surface area contributed by atoms with Crippen LogP contribution in [0.15, 0.2) is 53.4 Å². The first kappa shape index (κ1) is 16.1. The molecule has 120 valence electrons. The topological polar surface area (TPSA) is 29.1 Å². The molecule has 0 aromatic heterocycles. The Balaban J connectivity index is 1.64. The minimum absolute atomic E-state index is 0.0731. The van der Waals surface area contributed by atoms with Gasteiger partial charge in [0.25, 0.3) is 0 Å². The summed E-state index contributed by atoms with van der Waals surface area (Å²) in [5.41, 5.74) is 1.68. The van der Waals surface area contributed by atoms with Crippen LogP contribution in [0.25, 0.3) is 0 Å². The highest BCUT2D eigenvalue weighted by Gasteiger charge is 2.18. The van der Waals surface area contributed by atoms with Crippen LogP contribution >= 0.6 is 11.8 Å².